The molecule has 6 nitrogen and oxygen atoms in total. The Kier molecular flexibility index (Phi) is 5.07. The average Bonchev–Trinajstić information content (AvgIpc) is 3.49. The predicted octanol–water partition coefficient (Wildman–Crippen LogP) is 5.23. The molecule has 2 aromatic carbocycles. The van der Waals surface area contributed by atoms with Crippen LogP contribution in [0.15, 0.2) is 83.7 Å². The number of fused-ring (bicyclic) bond motifs is 1. The first-order valence-corrected chi connectivity index (χ1v) is 10.3. The fourth-order valence-electron chi connectivity index (χ4n) is 3.80. The Bertz CT molecular complexity index is 1410. The van der Waals surface area contributed by atoms with Crippen LogP contribution in [0.25, 0.3) is 11.1 Å². The zero-order valence-corrected chi connectivity index (χ0v) is 17.5. The van der Waals surface area contributed by atoms with E-state index in [-0.39, 0.29) is 18.3 Å². The van der Waals surface area contributed by atoms with Crippen LogP contribution >= 0.6 is 0 Å². The molecule has 0 aliphatic heterocycles. The van der Waals surface area contributed by atoms with Crippen LogP contribution in [0.2, 0.25) is 0 Å². The highest BCUT2D eigenvalue weighted by Crippen LogP contribution is 2.24. The quantitative estimate of drug-likeness (QED) is 0.403. The van der Waals surface area contributed by atoms with Crippen LogP contribution in [0.1, 0.15) is 27.2 Å². The Labute approximate surface area is 183 Å². The number of carbonyl (C=O) groups excluding carboxylic acids is 1. The molecule has 0 saturated heterocycles. The minimum Gasteiger partial charge on any atom is -0.463 e. The molecule has 0 spiro atoms. The molecule has 32 heavy (non-hydrogen) atoms. The second-order valence-electron chi connectivity index (χ2n) is 7.68. The van der Waals surface area contributed by atoms with Gasteiger partial charge in [0.15, 0.2) is 5.58 Å². The highest BCUT2D eigenvalue weighted by molar-refractivity contribution is 6.05. The molecule has 5 rings (SSSR count). The summed E-state index contributed by atoms with van der Waals surface area (Å²) in [6.07, 6.45) is 4.86. The van der Waals surface area contributed by atoms with Gasteiger partial charge < -0.3 is 14.3 Å². The summed E-state index contributed by atoms with van der Waals surface area (Å²) in [6.45, 7) is 2.87. The number of aryl methyl sites for hydroxylation is 1. The first-order chi connectivity index (χ1) is 15.6. The fourth-order valence-corrected chi connectivity index (χ4v) is 3.80. The molecule has 0 fully saturated rings. The Morgan fingerprint density at radius 3 is 2.66 bits per heavy atom. The number of hydrogen-bond acceptors (Lipinski definition) is 3. The summed E-state index contributed by atoms with van der Waals surface area (Å²) < 4.78 is 23.0. The van der Waals surface area contributed by atoms with Gasteiger partial charge in [-0.3, -0.25) is 9.48 Å². The van der Waals surface area contributed by atoms with Gasteiger partial charge in [0, 0.05) is 30.4 Å². The lowest BCUT2D eigenvalue weighted by molar-refractivity contribution is 0.101. The first kappa shape index (κ1) is 19.8. The second kappa shape index (κ2) is 8.19. The van der Waals surface area contributed by atoms with Gasteiger partial charge in [-0.15, -0.1) is 0 Å². The maximum atomic E-state index is 13.9. The predicted molar refractivity (Wildman–Crippen MR) is 120 cm³/mol. The van der Waals surface area contributed by atoms with Gasteiger partial charge in [-0.1, -0.05) is 42.5 Å². The Balaban J connectivity index is 1.39. The number of anilines is 1. The van der Waals surface area contributed by atoms with Crippen molar-refractivity contribution in [3.05, 3.63) is 108 Å². The number of hydrogen-bond donors (Lipinski definition) is 1. The van der Waals surface area contributed by atoms with Crippen LogP contribution in [0.4, 0.5) is 10.1 Å². The summed E-state index contributed by atoms with van der Waals surface area (Å²) in [7, 11) is 0. The molecule has 0 atom stereocenters. The van der Waals surface area contributed by atoms with E-state index in [9.17, 15) is 9.18 Å². The number of aromatic nitrogens is 3. The van der Waals surface area contributed by atoms with E-state index in [0.717, 1.165) is 16.6 Å². The molecule has 0 bridgehead atoms. The molecule has 160 valence electrons. The molecule has 3 heterocycles. The van der Waals surface area contributed by atoms with E-state index in [4.69, 9.17) is 4.42 Å². The molecule has 1 N–H and O–H groups in total. The Morgan fingerprint density at radius 2 is 1.84 bits per heavy atom. The van der Waals surface area contributed by atoms with Crippen LogP contribution in [0.3, 0.4) is 0 Å². The van der Waals surface area contributed by atoms with Gasteiger partial charge in [0.2, 0.25) is 0 Å². The van der Waals surface area contributed by atoms with E-state index >= 15 is 0 Å². The van der Waals surface area contributed by atoms with Crippen molar-refractivity contribution in [2.45, 2.75) is 20.0 Å². The maximum Gasteiger partial charge on any atom is 0.272 e. The SMILES string of the molecule is Cc1ccccc1Cn1c(C(=O)Nc2cnn(Cc3ccccc3F)c2)cc2occc21. The molecular formula is C25H21FN4O2. The van der Waals surface area contributed by atoms with Gasteiger partial charge in [-0.25, -0.2) is 4.39 Å². The normalized spacial score (nSPS) is 11.2. The molecule has 0 unspecified atom stereocenters. The topological polar surface area (TPSA) is 65.0 Å². The van der Waals surface area contributed by atoms with Gasteiger partial charge in [-0.2, -0.15) is 5.10 Å². The van der Waals surface area contributed by atoms with Crippen molar-refractivity contribution >= 4 is 22.7 Å². The maximum absolute atomic E-state index is 13.9. The third-order valence-corrected chi connectivity index (χ3v) is 5.53. The van der Waals surface area contributed by atoms with Crippen LogP contribution in [0, 0.1) is 12.7 Å². The molecular weight excluding hydrogens is 407 g/mol. The molecule has 0 aliphatic carbocycles. The summed E-state index contributed by atoms with van der Waals surface area (Å²) in [4.78, 5) is 13.1. The minimum absolute atomic E-state index is 0.268. The van der Waals surface area contributed by atoms with Crippen molar-refractivity contribution in [2.24, 2.45) is 0 Å². The standard InChI is InChI=1S/C25H21FN4O2/c1-17-6-2-3-7-18(17)15-30-22-10-11-32-24(22)12-23(30)25(31)28-20-13-27-29(16-20)14-19-8-4-5-9-21(19)26/h2-13,16H,14-15H2,1H3,(H,28,31). The highest BCUT2D eigenvalue weighted by Gasteiger charge is 2.19. The zero-order chi connectivity index (χ0) is 22.1. The fraction of sp³-hybridized carbons (Fsp3) is 0.120. The minimum atomic E-state index is -0.287. The third kappa shape index (κ3) is 3.80. The van der Waals surface area contributed by atoms with Crippen LogP contribution in [-0.2, 0) is 13.1 Å². The van der Waals surface area contributed by atoms with E-state index < -0.39 is 0 Å². The first-order valence-electron chi connectivity index (χ1n) is 10.3. The van der Waals surface area contributed by atoms with Crippen molar-refractivity contribution in [1.82, 2.24) is 14.3 Å². The number of amides is 1. The number of nitrogens with zero attached hydrogens (tertiary/aromatic N) is 3. The summed E-state index contributed by atoms with van der Waals surface area (Å²) in [5, 5.41) is 7.14. The third-order valence-electron chi connectivity index (χ3n) is 5.53. The van der Waals surface area contributed by atoms with Crippen LogP contribution < -0.4 is 5.32 Å². The number of halogens is 1. The van der Waals surface area contributed by atoms with E-state index in [1.807, 2.05) is 22.8 Å². The number of nitrogens with one attached hydrogen (secondary N) is 1. The van der Waals surface area contributed by atoms with Crippen molar-refractivity contribution in [3.8, 4) is 0 Å². The smallest absolute Gasteiger partial charge is 0.272 e. The van der Waals surface area contributed by atoms with Gasteiger partial charge in [0.1, 0.15) is 11.5 Å². The molecule has 5 aromatic rings. The van der Waals surface area contributed by atoms with Crippen molar-refractivity contribution in [2.75, 3.05) is 5.32 Å². The van der Waals surface area contributed by atoms with Gasteiger partial charge in [-0.05, 0) is 24.1 Å². The average molecular weight is 428 g/mol. The van der Waals surface area contributed by atoms with Crippen LogP contribution in [0.5, 0.6) is 0 Å². The summed E-state index contributed by atoms with van der Waals surface area (Å²) in [5.74, 6) is -0.555. The number of furan rings is 1. The summed E-state index contributed by atoms with van der Waals surface area (Å²) >= 11 is 0. The lowest BCUT2D eigenvalue weighted by Gasteiger charge is -2.12. The van der Waals surface area contributed by atoms with Gasteiger partial charge >= 0.3 is 0 Å². The van der Waals surface area contributed by atoms with Crippen molar-refractivity contribution < 1.29 is 13.6 Å². The zero-order valence-electron chi connectivity index (χ0n) is 17.5. The van der Waals surface area contributed by atoms with Crippen molar-refractivity contribution in [1.29, 1.82) is 0 Å². The molecule has 0 aliphatic rings. The van der Waals surface area contributed by atoms with Crippen molar-refractivity contribution in [3.63, 3.8) is 0 Å². The monoisotopic (exact) mass is 428 g/mol. The Morgan fingerprint density at radius 1 is 1.06 bits per heavy atom. The second-order valence-corrected chi connectivity index (χ2v) is 7.68. The van der Waals surface area contributed by atoms with E-state index in [2.05, 4.69) is 29.5 Å². The molecule has 0 saturated carbocycles. The molecule has 1 amide bonds. The number of rotatable bonds is 6. The largest absolute Gasteiger partial charge is 0.463 e. The van der Waals surface area contributed by atoms with Gasteiger partial charge in [0.05, 0.1) is 30.2 Å². The Hall–Kier alpha value is -4.13. The summed E-state index contributed by atoms with van der Waals surface area (Å²) in [5.41, 5.74) is 5.33. The number of carbonyl (C=O) groups is 1. The highest BCUT2D eigenvalue weighted by atomic mass is 19.1. The van der Waals surface area contributed by atoms with E-state index in [1.165, 1.54) is 6.07 Å². The molecule has 3 aromatic heterocycles. The lowest BCUT2D eigenvalue weighted by Crippen LogP contribution is -2.17. The molecule has 7 heteroatoms. The van der Waals surface area contributed by atoms with E-state index in [1.54, 1.807) is 47.6 Å². The number of benzene rings is 2. The lowest BCUT2D eigenvalue weighted by atomic mass is 10.1. The summed E-state index contributed by atoms with van der Waals surface area (Å²) in [6, 6.07) is 18.2. The van der Waals surface area contributed by atoms with E-state index in [0.29, 0.717) is 29.1 Å². The molecule has 0 radical (unpaired) electrons. The van der Waals surface area contributed by atoms with Crippen LogP contribution in [-0.4, -0.2) is 20.3 Å². The van der Waals surface area contributed by atoms with Gasteiger partial charge in [0.25, 0.3) is 5.91 Å².